The zero-order valence-corrected chi connectivity index (χ0v) is 10.6. The second kappa shape index (κ2) is 4.70. The van der Waals surface area contributed by atoms with Gasteiger partial charge in [0.15, 0.2) is 5.82 Å². The highest BCUT2D eigenvalue weighted by Crippen LogP contribution is 2.19. The Bertz CT molecular complexity index is 761. The molecule has 6 nitrogen and oxygen atoms in total. The third kappa shape index (κ3) is 2.56. The van der Waals surface area contributed by atoms with Crippen LogP contribution in [0.1, 0.15) is 5.56 Å². The Morgan fingerprint density at radius 3 is 2.84 bits per heavy atom. The van der Waals surface area contributed by atoms with Crippen molar-refractivity contribution in [3.63, 3.8) is 0 Å². The molecule has 0 amide bonds. The monoisotopic (exact) mass is 280 g/mol. The smallest absolute Gasteiger partial charge is 0.262 e. The number of hydrogen-bond donors (Lipinski definition) is 1. The van der Waals surface area contributed by atoms with Gasteiger partial charge in [0.25, 0.3) is 10.0 Å². The van der Waals surface area contributed by atoms with E-state index >= 15 is 0 Å². The van der Waals surface area contributed by atoms with Crippen LogP contribution >= 0.6 is 0 Å². The highest BCUT2D eigenvalue weighted by Gasteiger charge is 2.19. The first-order valence-corrected chi connectivity index (χ1v) is 6.63. The second-order valence-electron chi connectivity index (χ2n) is 3.71. The number of benzene rings is 1. The molecule has 0 aliphatic rings. The lowest BCUT2D eigenvalue weighted by Gasteiger charge is -2.08. The summed E-state index contributed by atoms with van der Waals surface area (Å²) < 4.78 is 40.6. The Morgan fingerprint density at radius 1 is 1.47 bits per heavy atom. The summed E-state index contributed by atoms with van der Waals surface area (Å²) in [5.74, 6) is -0.625. The van der Waals surface area contributed by atoms with Crippen LogP contribution in [0.3, 0.4) is 0 Å². The van der Waals surface area contributed by atoms with E-state index in [2.05, 4.69) is 9.82 Å². The lowest BCUT2D eigenvalue weighted by atomic mass is 10.4. The Balaban J connectivity index is 2.43. The lowest BCUT2D eigenvalue weighted by Crippen LogP contribution is -2.16. The lowest BCUT2D eigenvalue weighted by molar-refractivity contribution is 0.594. The number of nitriles is 1. The molecule has 0 fully saturated rings. The Morgan fingerprint density at radius 2 is 2.21 bits per heavy atom. The van der Waals surface area contributed by atoms with Gasteiger partial charge in [-0.15, -0.1) is 0 Å². The highest BCUT2D eigenvalue weighted by atomic mass is 32.2. The van der Waals surface area contributed by atoms with E-state index < -0.39 is 15.8 Å². The number of anilines is 1. The van der Waals surface area contributed by atoms with E-state index in [0.29, 0.717) is 0 Å². The van der Waals surface area contributed by atoms with Crippen molar-refractivity contribution in [2.75, 3.05) is 4.72 Å². The van der Waals surface area contributed by atoms with E-state index in [9.17, 15) is 12.8 Å². The predicted octanol–water partition coefficient (Wildman–Crippen LogP) is 1.23. The predicted molar refractivity (Wildman–Crippen MR) is 65.1 cm³/mol. The molecule has 0 aliphatic heterocycles. The van der Waals surface area contributed by atoms with Gasteiger partial charge in [-0.1, -0.05) is 6.07 Å². The molecule has 1 aromatic heterocycles. The summed E-state index contributed by atoms with van der Waals surface area (Å²) in [6.45, 7) is 0. The molecule has 1 N–H and O–H groups in total. The van der Waals surface area contributed by atoms with Crippen molar-refractivity contribution in [1.82, 2.24) is 9.78 Å². The Kier molecular flexibility index (Phi) is 3.23. The summed E-state index contributed by atoms with van der Waals surface area (Å²) in [6, 6.07) is 6.40. The number of nitrogens with zero attached hydrogens (tertiary/aromatic N) is 3. The van der Waals surface area contributed by atoms with Crippen LogP contribution in [0.2, 0.25) is 0 Å². The molecule has 2 aromatic rings. The van der Waals surface area contributed by atoms with Gasteiger partial charge >= 0.3 is 0 Å². The van der Waals surface area contributed by atoms with Crippen molar-refractivity contribution < 1.29 is 12.8 Å². The minimum atomic E-state index is -3.96. The number of hydrogen-bond acceptors (Lipinski definition) is 4. The SMILES string of the molecule is Cn1ncc(C#N)c1NS(=O)(=O)c1cccc(F)c1. The number of halogens is 1. The zero-order chi connectivity index (χ0) is 14.0. The Labute approximate surface area is 109 Å². The van der Waals surface area contributed by atoms with Crippen molar-refractivity contribution in [3.8, 4) is 6.07 Å². The molecular formula is C11H9FN4O2S. The van der Waals surface area contributed by atoms with Crippen LogP contribution in [0.15, 0.2) is 35.4 Å². The van der Waals surface area contributed by atoms with E-state index in [4.69, 9.17) is 5.26 Å². The summed E-state index contributed by atoms with van der Waals surface area (Å²) in [7, 11) is -2.47. The molecule has 2 rings (SSSR count). The maximum Gasteiger partial charge on any atom is 0.263 e. The molecule has 8 heteroatoms. The van der Waals surface area contributed by atoms with E-state index in [1.54, 1.807) is 0 Å². The number of aromatic nitrogens is 2. The molecule has 19 heavy (non-hydrogen) atoms. The van der Waals surface area contributed by atoms with Crippen LogP contribution in [0, 0.1) is 17.1 Å². The average Bonchev–Trinajstić information content (AvgIpc) is 2.70. The van der Waals surface area contributed by atoms with Gasteiger partial charge < -0.3 is 0 Å². The van der Waals surface area contributed by atoms with Gasteiger partial charge in [0.1, 0.15) is 17.4 Å². The van der Waals surface area contributed by atoms with Crippen LogP contribution in [-0.2, 0) is 17.1 Å². The first-order valence-electron chi connectivity index (χ1n) is 5.14. The molecule has 98 valence electrons. The first-order chi connectivity index (χ1) is 8.94. The number of rotatable bonds is 3. The standard InChI is InChI=1S/C11H9FN4O2S/c1-16-11(8(6-13)7-14-16)15-19(17,18)10-4-2-3-9(12)5-10/h2-5,7,15H,1H3. The maximum atomic E-state index is 13.0. The topological polar surface area (TPSA) is 87.8 Å². The minimum absolute atomic E-state index is 0.0340. The molecule has 0 spiro atoms. The minimum Gasteiger partial charge on any atom is -0.262 e. The molecule has 0 bridgehead atoms. The van der Waals surface area contributed by atoms with Crippen LogP contribution in [0.25, 0.3) is 0 Å². The number of aryl methyl sites for hydroxylation is 1. The molecular weight excluding hydrogens is 271 g/mol. The first kappa shape index (κ1) is 13.0. The highest BCUT2D eigenvalue weighted by molar-refractivity contribution is 7.92. The van der Waals surface area contributed by atoms with Gasteiger partial charge in [-0.05, 0) is 18.2 Å². The summed E-state index contributed by atoms with van der Waals surface area (Å²) in [6.07, 6.45) is 1.24. The third-order valence-electron chi connectivity index (χ3n) is 2.40. The van der Waals surface area contributed by atoms with Crippen LogP contribution in [0.4, 0.5) is 10.2 Å². The fraction of sp³-hybridized carbons (Fsp3) is 0.0909. The van der Waals surface area contributed by atoms with Gasteiger partial charge in [0.2, 0.25) is 0 Å². The molecule has 0 saturated carbocycles. The molecule has 1 heterocycles. The van der Waals surface area contributed by atoms with Crippen LogP contribution < -0.4 is 4.72 Å². The summed E-state index contributed by atoms with van der Waals surface area (Å²) in [5, 5.41) is 12.6. The van der Waals surface area contributed by atoms with Crippen molar-refractivity contribution in [3.05, 3.63) is 41.8 Å². The van der Waals surface area contributed by atoms with E-state index in [-0.39, 0.29) is 16.3 Å². The fourth-order valence-electron chi connectivity index (χ4n) is 1.46. The fourth-order valence-corrected chi connectivity index (χ4v) is 2.60. The summed E-state index contributed by atoms with van der Waals surface area (Å²) >= 11 is 0. The van der Waals surface area contributed by atoms with E-state index in [0.717, 1.165) is 12.1 Å². The molecule has 0 radical (unpaired) electrons. The summed E-state index contributed by atoms with van der Waals surface area (Å²) in [4.78, 5) is -0.224. The van der Waals surface area contributed by atoms with E-state index in [1.165, 1.54) is 30.1 Å². The molecule has 0 unspecified atom stereocenters. The number of nitrogens with one attached hydrogen (secondary N) is 1. The molecule has 0 atom stereocenters. The van der Waals surface area contributed by atoms with Gasteiger partial charge in [0.05, 0.1) is 11.1 Å². The van der Waals surface area contributed by atoms with Crippen molar-refractivity contribution in [2.24, 2.45) is 7.05 Å². The number of sulfonamides is 1. The van der Waals surface area contributed by atoms with Gasteiger partial charge in [-0.2, -0.15) is 10.4 Å². The van der Waals surface area contributed by atoms with Gasteiger partial charge in [0, 0.05) is 7.05 Å². The van der Waals surface area contributed by atoms with Crippen molar-refractivity contribution >= 4 is 15.8 Å². The zero-order valence-electron chi connectivity index (χ0n) is 9.83. The van der Waals surface area contributed by atoms with E-state index in [1.807, 2.05) is 6.07 Å². The molecule has 0 aliphatic carbocycles. The Hall–Kier alpha value is -2.40. The van der Waals surface area contributed by atoms with Gasteiger partial charge in [-0.25, -0.2) is 12.8 Å². The molecule has 1 aromatic carbocycles. The van der Waals surface area contributed by atoms with Crippen LogP contribution in [-0.4, -0.2) is 18.2 Å². The molecule has 0 saturated heterocycles. The van der Waals surface area contributed by atoms with Crippen molar-refractivity contribution in [1.29, 1.82) is 5.26 Å². The largest absolute Gasteiger partial charge is 0.263 e. The summed E-state index contributed by atoms with van der Waals surface area (Å²) in [5.41, 5.74) is 0.0856. The third-order valence-corrected chi connectivity index (χ3v) is 3.73. The average molecular weight is 280 g/mol. The quantitative estimate of drug-likeness (QED) is 0.916. The second-order valence-corrected chi connectivity index (χ2v) is 5.39. The maximum absolute atomic E-state index is 13.0. The van der Waals surface area contributed by atoms with Crippen LogP contribution in [0.5, 0.6) is 0 Å². The van der Waals surface area contributed by atoms with Crippen molar-refractivity contribution in [2.45, 2.75) is 4.90 Å². The van der Waals surface area contributed by atoms with Gasteiger partial charge in [-0.3, -0.25) is 9.40 Å². The normalized spacial score (nSPS) is 11.0.